The van der Waals surface area contributed by atoms with Crippen molar-refractivity contribution in [2.45, 2.75) is 31.8 Å². The van der Waals surface area contributed by atoms with Crippen LogP contribution in [-0.2, 0) is 11.2 Å². The van der Waals surface area contributed by atoms with Crippen molar-refractivity contribution in [2.24, 2.45) is 0 Å². The van der Waals surface area contributed by atoms with Crippen LogP contribution >= 0.6 is 0 Å². The first-order valence-electron chi connectivity index (χ1n) is 9.38. The molecule has 0 atom stereocenters. The molecule has 0 spiro atoms. The molecule has 0 radical (unpaired) electrons. The second-order valence-corrected chi connectivity index (χ2v) is 7.24. The minimum Gasteiger partial charge on any atom is -0.378 e. The number of fused-ring (bicyclic) bond motifs is 1. The van der Waals surface area contributed by atoms with Crippen molar-refractivity contribution >= 4 is 16.9 Å². The van der Waals surface area contributed by atoms with Crippen LogP contribution < -0.4 is 0 Å². The maximum absolute atomic E-state index is 12.2. The van der Waals surface area contributed by atoms with Gasteiger partial charge in [0.25, 0.3) is 5.91 Å². The Kier molecular flexibility index (Phi) is 4.90. The van der Waals surface area contributed by atoms with Crippen LogP contribution in [0.1, 0.15) is 35.2 Å². The van der Waals surface area contributed by atoms with Crippen molar-refractivity contribution in [3.63, 3.8) is 0 Å². The minimum atomic E-state index is -0.0324. The summed E-state index contributed by atoms with van der Waals surface area (Å²) in [5, 5.41) is 5.47. The van der Waals surface area contributed by atoms with Gasteiger partial charge in [0.1, 0.15) is 0 Å². The molecule has 1 aromatic carbocycles. The van der Waals surface area contributed by atoms with E-state index in [0.717, 1.165) is 35.3 Å². The summed E-state index contributed by atoms with van der Waals surface area (Å²) in [4.78, 5) is 18.4. The summed E-state index contributed by atoms with van der Waals surface area (Å²) >= 11 is 0. The molecule has 27 heavy (non-hydrogen) atoms. The topological polar surface area (TPSA) is 60.2 Å². The minimum absolute atomic E-state index is 0.0324. The zero-order valence-corrected chi connectivity index (χ0v) is 15.8. The standard InChI is InChI=1S/C21H24N4O2/c1-24(2)21(26)16-5-3-6-18(12-16)25-20-17(14-23-25)11-15(13-22-20)9-10-27-19-7-4-8-19/h3,5-6,11-14,19H,4,7-10H2,1-2H3. The van der Waals surface area contributed by atoms with E-state index in [2.05, 4.69) is 16.1 Å². The molecule has 0 unspecified atom stereocenters. The molecule has 6 heteroatoms. The largest absolute Gasteiger partial charge is 0.378 e. The summed E-state index contributed by atoms with van der Waals surface area (Å²) in [6.07, 6.45) is 8.70. The Morgan fingerprint density at radius 3 is 2.85 bits per heavy atom. The molecule has 1 amide bonds. The second-order valence-electron chi connectivity index (χ2n) is 7.24. The van der Waals surface area contributed by atoms with Crippen LogP contribution in [0.5, 0.6) is 0 Å². The quantitative estimate of drug-likeness (QED) is 0.674. The van der Waals surface area contributed by atoms with Gasteiger partial charge in [-0.15, -0.1) is 0 Å². The van der Waals surface area contributed by atoms with Crippen LogP contribution in [0, 0.1) is 0 Å². The highest BCUT2D eigenvalue weighted by Gasteiger charge is 2.17. The molecule has 0 bridgehead atoms. The summed E-state index contributed by atoms with van der Waals surface area (Å²) < 4.78 is 7.61. The maximum atomic E-state index is 12.2. The van der Waals surface area contributed by atoms with E-state index in [-0.39, 0.29) is 5.91 Å². The van der Waals surface area contributed by atoms with Gasteiger partial charge in [0, 0.05) is 31.2 Å². The fourth-order valence-corrected chi connectivity index (χ4v) is 3.20. The maximum Gasteiger partial charge on any atom is 0.253 e. The average molecular weight is 364 g/mol. The Morgan fingerprint density at radius 1 is 1.26 bits per heavy atom. The molecule has 1 aliphatic rings. The molecule has 0 aliphatic heterocycles. The lowest BCUT2D eigenvalue weighted by atomic mass is 9.96. The molecule has 0 saturated heterocycles. The fraction of sp³-hybridized carbons (Fsp3) is 0.381. The van der Waals surface area contributed by atoms with Crippen molar-refractivity contribution in [1.29, 1.82) is 0 Å². The van der Waals surface area contributed by atoms with Gasteiger partial charge in [-0.1, -0.05) is 6.07 Å². The smallest absolute Gasteiger partial charge is 0.253 e. The predicted octanol–water partition coefficient (Wildman–Crippen LogP) is 3.23. The molecular formula is C21H24N4O2. The first kappa shape index (κ1) is 17.7. The second kappa shape index (κ2) is 7.48. The zero-order chi connectivity index (χ0) is 18.8. The van der Waals surface area contributed by atoms with Crippen molar-refractivity contribution in [2.75, 3.05) is 20.7 Å². The Hall–Kier alpha value is -2.73. The van der Waals surface area contributed by atoms with Crippen LogP contribution in [0.15, 0.2) is 42.7 Å². The van der Waals surface area contributed by atoms with Crippen LogP contribution in [0.4, 0.5) is 0 Å². The third-order valence-electron chi connectivity index (χ3n) is 5.01. The van der Waals surface area contributed by atoms with Gasteiger partial charge in [-0.2, -0.15) is 5.10 Å². The molecule has 3 aromatic rings. The fourth-order valence-electron chi connectivity index (χ4n) is 3.20. The Balaban J connectivity index is 1.54. The molecule has 140 valence electrons. The van der Waals surface area contributed by atoms with Crippen LogP contribution in [0.2, 0.25) is 0 Å². The predicted molar refractivity (Wildman–Crippen MR) is 104 cm³/mol. The molecule has 1 aliphatic carbocycles. The zero-order valence-electron chi connectivity index (χ0n) is 15.8. The van der Waals surface area contributed by atoms with Gasteiger partial charge in [0.05, 0.1) is 24.6 Å². The first-order valence-corrected chi connectivity index (χ1v) is 9.38. The van der Waals surface area contributed by atoms with E-state index in [1.165, 1.54) is 19.3 Å². The number of hydrogen-bond donors (Lipinski definition) is 0. The van der Waals surface area contributed by atoms with Gasteiger partial charge in [-0.05, 0) is 55.5 Å². The first-order chi connectivity index (χ1) is 13.1. The molecule has 2 heterocycles. The van der Waals surface area contributed by atoms with Gasteiger partial charge < -0.3 is 9.64 Å². The summed E-state index contributed by atoms with van der Waals surface area (Å²) in [6, 6.07) is 9.57. The van der Waals surface area contributed by atoms with Gasteiger partial charge in [-0.25, -0.2) is 9.67 Å². The number of carbonyl (C=O) groups excluding carboxylic acids is 1. The molecule has 1 fully saturated rings. The van der Waals surface area contributed by atoms with E-state index < -0.39 is 0 Å². The number of nitrogens with zero attached hydrogens (tertiary/aromatic N) is 4. The molecular weight excluding hydrogens is 340 g/mol. The van der Waals surface area contributed by atoms with Crippen LogP contribution in [0.25, 0.3) is 16.7 Å². The highest BCUT2D eigenvalue weighted by molar-refractivity contribution is 5.94. The highest BCUT2D eigenvalue weighted by atomic mass is 16.5. The number of pyridine rings is 1. The van der Waals surface area contributed by atoms with E-state index >= 15 is 0 Å². The molecule has 6 nitrogen and oxygen atoms in total. The van der Waals surface area contributed by atoms with Crippen LogP contribution in [0.3, 0.4) is 0 Å². The normalized spacial score (nSPS) is 14.3. The summed E-state index contributed by atoms with van der Waals surface area (Å²) in [5.41, 5.74) is 3.39. The number of carbonyl (C=O) groups is 1. The van der Waals surface area contributed by atoms with Crippen LogP contribution in [-0.4, -0.2) is 52.4 Å². The summed E-state index contributed by atoms with van der Waals surface area (Å²) in [5.74, 6) is -0.0324. The molecule has 4 rings (SSSR count). The number of aromatic nitrogens is 3. The van der Waals surface area contributed by atoms with Crippen molar-refractivity contribution < 1.29 is 9.53 Å². The lowest BCUT2D eigenvalue weighted by Gasteiger charge is -2.25. The summed E-state index contributed by atoms with van der Waals surface area (Å²) in [6.45, 7) is 0.737. The number of amides is 1. The van der Waals surface area contributed by atoms with Crippen molar-refractivity contribution in [3.05, 3.63) is 53.9 Å². The van der Waals surface area contributed by atoms with Crippen molar-refractivity contribution in [3.8, 4) is 5.69 Å². The average Bonchev–Trinajstić information content (AvgIpc) is 3.06. The number of benzene rings is 1. The van der Waals surface area contributed by atoms with E-state index in [4.69, 9.17) is 4.74 Å². The Morgan fingerprint density at radius 2 is 2.11 bits per heavy atom. The lowest BCUT2D eigenvalue weighted by Crippen LogP contribution is -2.22. The number of rotatable bonds is 6. The van der Waals surface area contributed by atoms with E-state index in [9.17, 15) is 4.79 Å². The van der Waals surface area contributed by atoms with E-state index in [0.29, 0.717) is 11.7 Å². The van der Waals surface area contributed by atoms with Gasteiger partial charge in [0.15, 0.2) is 5.65 Å². The highest BCUT2D eigenvalue weighted by Crippen LogP contribution is 2.22. The number of ether oxygens (including phenoxy) is 1. The van der Waals surface area contributed by atoms with E-state index in [1.807, 2.05) is 36.7 Å². The number of hydrogen-bond acceptors (Lipinski definition) is 4. The Bertz CT molecular complexity index is 960. The monoisotopic (exact) mass is 364 g/mol. The van der Waals surface area contributed by atoms with Gasteiger partial charge in [0.2, 0.25) is 0 Å². The molecule has 0 N–H and O–H groups in total. The Labute approximate surface area is 158 Å². The van der Waals surface area contributed by atoms with E-state index in [1.54, 1.807) is 23.7 Å². The lowest BCUT2D eigenvalue weighted by molar-refractivity contribution is 0.00412. The van der Waals surface area contributed by atoms with Gasteiger partial charge >= 0.3 is 0 Å². The SMILES string of the molecule is CN(C)C(=O)c1cccc(-n2ncc3cc(CCOC4CCC4)cnc32)c1. The third-order valence-corrected chi connectivity index (χ3v) is 5.01. The van der Waals surface area contributed by atoms with Gasteiger partial charge in [-0.3, -0.25) is 4.79 Å². The molecule has 2 aromatic heterocycles. The van der Waals surface area contributed by atoms with Crippen molar-refractivity contribution in [1.82, 2.24) is 19.7 Å². The molecule has 1 saturated carbocycles. The third kappa shape index (κ3) is 3.71. The summed E-state index contributed by atoms with van der Waals surface area (Å²) in [7, 11) is 3.49.